The number of hydrogen-bond donors (Lipinski definition) is 0. The maximum Gasteiger partial charge on any atom is 0.416 e. The van der Waals surface area contributed by atoms with Crippen LogP contribution in [0.2, 0.25) is 0 Å². The summed E-state index contributed by atoms with van der Waals surface area (Å²) in [6.07, 6.45) is 0.777. The molecule has 0 N–H and O–H groups in total. The Bertz CT molecular complexity index is 1290. The minimum Gasteiger partial charge on any atom is -0.302 e. The predicted molar refractivity (Wildman–Crippen MR) is 112 cm³/mol. The van der Waals surface area contributed by atoms with E-state index in [9.17, 15) is 21.6 Å². The first-order valence-corrected chi connectivity index (χ1v) is 11.4. The van der Waals surface area contributed by atoms with Crippen LogP contribution < -0.4 is 0 Å². The Labute approximate surface area is 178 Å². The van der Waals surface area contributed by atoms with Crippen LogP contribution in [0.3, 0.4) is 0 Å². The molecule has 0 unspecified atom stereocenters. The van der Waals surface area contributed by atoms with E-state index in [-0.39, 0.29) is 15.8 Å². The predicted octanol–water partition coefficient (Wildman–Crippen LogP) is 4.14. The zero-order chi connectivity index (χ0) is 22.6. The van der Waals surface area contributed by atoms with Gasteiger partial charge in [-0.2, -0.15) is 18.3 Å². The lowest BCUT2D eigenvalue weighted by molar-refractivity contribution is -0.137. The lowest BCUT2D eigenvalue weighted by Gasteiger charge is -2.21. The molecule has 1 aliphatic rings. The van der Waals surface area contributed by atoms with Crippen molar-refractivity contribution in [2.75, 3.05) is 20.1 Å². The van der Waals surface area contributed by atoms with Gasteiger partial charge in [0.15, 0.2) is 0 Å². The van der Waals surface area contributed by atoms with E-state index in [1.165, 1.54) is 18.5 Å². The summed E-state index contributed by atoms with van der Waals surface area (Å²) in [5, 5.41) is 4.39. The van der Waals surface area contributed by atoms with Crippen LogP contribution in [0.25, 0.3) is 16.5 Å². The number of fused-ring (bicyclic) bond motifs is 1. The third-order valence-corrected chi connectivity index (χ3v) is 7.53. The number of aromatic nitrogens is 3. The van der Waals surface area contributed by atoms with Gasteiger partial charge in [0.2, 0.25) is 0 Å². The fraction of sp³-hybridized carbons (Fsp3) is 0.381. The highest BCUT2D eigenvalue weighted by Gasteiger charge is 2.33. The van der Waals surface area contributed by atoms with Crippen LogP contribution in [0.5, 0.6) is 0 Å². The molecule has 31 heavy (non-hydrogen) atoms. The molecule has 0 bridgehead atoms. The van der Waals surface area contributed by atoms with Gasteiger partial charge in [0.05, 0.1) is 23.0 Å². The van der Waals surface area contributed by atoms with Gasteiger partial charge in [-0.1, -0.05) is 6.08 Å². The fourth-order valence-corrected chi connectivity index (χ4v) is 5.49. The Morgan fingerprint density at radius 1 is 1.23 bits per heavy atom. The number of benzene rings is 1. The van der Waals surface area contributed by atoms with Crippen molar-refractivity contribution < 1.29 is 21.6 Å². The van der Waals surface area contributed by atoms with Crippen molar-refractivity contribution in [1.82, 2.24) is 18.7 Å². The van der Waals surface area contributed by atoms with Gasteiger partial charge >= 0.3 is 6.18 Å². The number of rotatable bonds is 4. The van der Waals surface area contributed by atoms with E-state index in [2.05, 4.69) is 10.00 Å². The standard InChI is InChI=1S/C21H23F3N4O2S/c1-4-27-14(2)20(12-25-27)31(29,30)28-13-18(15-7-9-26(3)10-8-15)17-11-16(21(22,23)24)5-6-19(17)28/h5-7,11-13H,4,8-10H2,1-3H3. The van der Waals surface area contributed by atoms with Crippen LogP contribution in [0, 0.1) is 6.92 Å². The first-order valence-electron chi connectivity index (χ1n) is 9.92. The highest BCUT2D eigenvalue weighted by Crippen LogP contribution is 2.37. The molecule has 3 aromatic rings. The van der Waals surface area contributed by atoms with E-state index in [1.807, 2.05) is 20.0 Å². The van der Waals surface area contributed by atoms with Gasteiger partial charge in [-0.3, -0.25) is 4.68 Å². The molecule has 0 atom stereocenters. The van der Waals surface area contributed by atoms with Crippen LogP contribution in [0.15, 0.2) is 41.6 Å². The zero-order valence-electron chi connectivity index (χ0n) is 17.4. The van der Waals surface area contributed by atoms with Gasteiger partial charge in [0, 0.05) is 36.8 Å². The Morgan fingerprint density at radius 3 is 2.55 bits per heavy atom. The van der Waals surface area contributed by atoms with Gasteiger partial charge < -0.3 is 4.90 Å². The summed E-state index contributed by atoms with van der Waals surface area (Å²) in [6.45, 7) is 5.42. The molecule has 1 aliphatic heterocycles. The molecule has 0 amide bonds. The van der Waals surface area contributed by atoms with Crippen molar-refractivity contribution in [2.45, 2.75) is 37.9 Å². The zero-order valence-corrected chi connectivity index (χ0v) is 18.3. The molecule has 0 aliphatic carbocycles. The largest absolute Gasteiger partial charge is 0.416 e. The third kappa shape index (κ3) is 3.67. The summed E-state index contributed by atoms with van der Waals surface area (Å²) in [6, 6.07) is 3.19. The summed E-state index contributed by atoms with van der Waals surface area (Å²) < 4.78 is 69.8. The second-order valence-electron chi connectivity index (χ2n) is 7.72. The molecule has 2 aromatic heterocycles. The van der Waals surface area contributed by atoms with Crippen LogP contribution in [-0.2, 0) is 22.7 Å². The van der Waals surface area contributed by atoms with Crippen LogP contribution in [0.4, 0.5) is 13.2 Å². The number of aryl methyl sites for hydroxylation is 1. The summed E-state index contributed by atoms with van der Waals surface area (Å²) in [5.41, 5.74) is 1.25. The first kappa shape index (κ1) is 21.6. The van der Waals surface area contributed by atoms with Crippen molar-refractivity contribution in [3.05, 3.63) is 53.5 Å². The molecule has 0 spiro atoms. The Hall–Kier alpha value is -2.59. The third-order valence-electron chi connectivity index (χ3n) is 5.75. The highest BCUT2D eigenvalue weighted by atomic mass is 32.2. The van der Waals surface area contributed by atoms with Crippen LogP contribution in [0.1, 0.15) is 30.2 Å². The smallest absolute Gasteiger partial charge is 0.302 e. The molecule has 3 heterocycles. The summed E-state index contributed by atoms with van der Waals surface area (Å²) in [4.78, 5) is 2.12. The van der Waals surface area contributed by atoms with Crippen molar-refractivity contribution in [3.63, 3.8) is 0 Å². The summed E-state index contributed by atoms with van der Waals surface area (Å²) in [7, 11) is -2.09. The quantitative estimate of drug-likeness (QED) is 0.597. The summed E-state index contributed by atoms with van der Waals surface area (Å²) in [5.74, 6) is 0. The minimum absolute atomic E-state index is 0.0371. The molecule has 0 fully saturated rings. The second kappa shape index (κ2) is 7.52. The van der Waals surface area contributed by atoms with Gasteiger partial charge in [0.1, 0.15) is 4.90 Å². The van der Waals surface area contributed by atoms with Gasteiger partial charge in [0.25, 0.3) is 10.0 Å². The van der Waals surface area contributed by atoms with Crippen LogP contribution >= 0.6 is 0 Å². The summed E-state index contributed by atoms with van der Waals surface area (Å²) >= 11 is 0. The molecule has 1 aromatic carbocycles. The molecule has 166 valence electrons. The Kier molecular flexibility index (Phi) is 5.25. The number of likely N-dealkylation sites (N-methyl/N-ethyl adjacent to an activating group) is 1. The molecule has 4 rings (SSSR count). The second-order valence-corrected chi connectivity index (χ2v) is 9.51. The molecular weight excluding hydrogens is 429 g/mol. The van der Waals surface area contributed by atoms with Crippen molar-refractivity contribution in [3.8, 4) is 0 Å². The number of halogens is 3. The molecule has 6 nitrogen and oxygen atoms in total. The van der Waals surface area contributed by atoms with Crippen molar-refractivity contribution >= 4 is 26.5 Å². The van der Waals surface area contributed by atoms with Crippen molar-refractivity contribution in [2.24, 2.45) is 0 Å². The monoisotopic (exact) mass is 452 g/mol. The lowest BCUT2D eigenvalue weighted by atomic mass is 9.98. The SMILES string of the molecule is CCn1ncc(S(=O)(=O)n2cc(C3=CCN(C)CC3)c3cc(C(F)(F)F)ccc32)c1C. The molecular formula is C21H23F3N4O2S. The van der Waals surface area contributed by atoms with Crippen LogP contribution in [-0.4, -0.2) is 47.2 Å². The highest BCUT2D eigenvalue weighted by molar-refractivity contribution is 7.90. The number of nitrogens with zero attached hydrogens (tertiary/aromatic N) is 4. The van der Waals surface area contributed by atoms with Gasteiger partial charge in [-0.05, 0) is 51.1 Å². The molecule has 0 saturated carbocycles. The topological polar surface area (TPSA) is 60.1 Å². The number of alkyl halides is 3. The number of hydrogen-bond acceptors (Lipinski definition) is 4. The van der Waals surface area contributed by atoms with E-state index in [1.54, 1.807) is 11.6 Å². The minimum atomic E-state index is -4.52. The normalized spacial score (nSPS) is 16.1. The molecule has 10 heteroatoms. The van der Waals surface area contributed by atoms with Gasteiger partial charge in [-0.25, -0.2) is 12.4 Å². The Morgan fingerprint density at radius 2 is 1.97 bits per heavy atom. The van der Waals surface area contributed by atoms with E-state index in [4.69, 9.17) is 0 Å². The van der Waals surface area contributed by atoms with E-state index < -0.39 is 21.8 Å². The first-order chi connectivity index (χ1) is 14.5. The maximum absolute atomic E-state index is 13.5. The molecule has 0 saturated heterocycles. The van der Waals surface area contributed by atoms with E-state index in [0.717, 1.165) is 28.2 Å². The fourth-order valence-electron chi connectivity index (χ4n) is 3.95. The van der Waals surface area contributed by atoms with E-state index in [0.29, 0.717) is 30.8 Å². The van der Waals surface area contributed by atoms with E-state index >= 15 is 0 Å². The average molecular weight is 453 g/mol. The maximum atomic E-state index is 13.5. The lowest BCUT2D eigenvalue weighted by Crippen LogP contribution is -2.23. The molecule has 0 radical (unpaired) electrons. The van der Waals surface area contributed by atoms with Gasteiger partial charge in [-0.15, -0.1) is 0 Å². The Balaban J connectivity index is 1.97. The van der Waals surface area contributed by atoms with Crippen molar-refractivity contribution in [1.29, 1.82) is 0 Å². The average Bonchev–Trinajstić information content (AvgIpc) is 3.28.